The van der Waals surface area contributed by atoms with Crippen LogP contribution in [-0.2, 0) is 11.8 Å². The van der Waals surface area contributed by atoms with Crippen LogP contribution in [0.15, 0.2) is 48.5 Å². The Kier molecular flexibility index (Phi) is 3.00. The normalized spacial score (nSPS) is 20.8. The smallest absolute Gasteiger partial charge is 0.150 e. The van der Waals surface area contributed by atoms with E-state index >= 15 is 0 Å². The van der Waals surface area contributed by atoms with Crippen molar-refractivity contribution in [3.8, 4) is 5.75 Å². The summed E-state index contributed by atoms with van der Waals surface area (Å²) >= 11 is 5.93. The van der Waals surface area contributed by atoms with E-state index in [1.54, 1.807) is 7.11 Å². The summed E-state index contributed by atoms with van der Waals surface area (Å²) < 4.78 is 7.46. The Hall–Kier alpha value is -1.51. The van der Waals surface area contributed by atoms with Gasteiger partial charge < -0.3 is 14.5 Å². The number of nitrogens with one attached hydrogen (secondary N) is 1. The van der Waals surface area contributed by atoms with Gasteiger partial charge in [0.2, 0.25) is 0 Å². The fourth-order valence-corrected chi connectivity index (χ4v) is 5.38. The number of fused-ring (bicyclic) bond motifs is 1. The number of ether oxygens (including phenoxy) is 1. The monoisotopic (exact) mass is 290 g/mol. The predicted octanol–water partition coefficient (Wildman–Crippen LogP) is 3.19. The van der Waals surface area contributed by atoms with E-state index in [0.29, 0.717) is 0 Å². The highest BCUT2D eigenvalue weighted by Gasteiger charge is 2.33. The minimum absolute atomic E-state index is 0.844. The Bertz CT molecular complexity index is 660. The number of hydrogen-bond donors (Lipinski definition) is 1. The summed E-state index contributed by atoms with van der Waals surface area (Å²) in [6.45, 7) is 0. The van der Waals surface area contributed by atoms with Crippen LogP contribution in [0, 0.1) is 0 Å². The first-order valence-corrected chi connectivity index (χ1v) is 8.77. The van der Waals surface area contributed by atoms with Crippen molar-refractivity contribution in [2.45, 2.75) is 0 Å². The average Bonchev–Trinajstić information content (AvgIpc) is 2.72. The number of nitrogens with zero attached hydrogens (tertiary/aromatic N) is 1. The summed E-state index contributed by atoms with van der Waals surface area (Å²) in [6.07, 6.45) is -1.96. The third-order valence-corrected chi connectivity index (χ3v) is 7.60. The van der Waals surface area contributed by atoms with Crippen molar-refractivity contribution in [2.75, 3.05) is 23.9 Å². The third-order valence-electron chi connectivity index (χ3n) is 3.35. The van der Waals surface area contributed by atoms with E-state index in [2.05, 4.69) is 35.0 Å². The van der Waals surface area contributed by atoms with E-state index < -0.39 is 6.34 Å². The molecule has 0 fully saturated rings. The van der Waals surface area contributed by atoms with Gasteiger partial charge in [-0.1, -0.05) is 30.3 Å². The van der Waals surface area contributed by atoms with Crippen LogP contribution in [0.3, 0.4) is 0 Å². The highest BCUT2D eigenvalue weighted by atomic mass is 32.4. The first-order chi connectivity index (χ1) is 9.15. The van der Waals surface area contributed by atoms with Crippen LogP contribution in [-0.4, -0.2) is 14.2 Å². The molecule has 98 valence electrons. The molecule has 19 heavy (non-hydrogen) atoms. The Morgan fingerprint density at radius 2 is 1.89 bits per heavy atom. The molecular weight excluding hydrogens is 275 g/mol. The molecule has 5 heteroatoms. The van der Waals surface area contributed by atoms with Crippen LogP contribution < -0.4 is 19.8 Å². The van der Waals surface area contributed by atoms with Crippen molar-refractivity contribution in [3.05, 3.63) is 48.5 Å². The maximum atomic E-state index is 5.93. The molecule has 1 atom stereocenters. The zero-order valence-electron chi connectivity index (χ0n) is 10.8. The predicted molar refractivity (Wildman–Crippen MR) is 85.4 cm³/mol. The molecule has 3 rings (SSSR count). The van der Waals surface area contributed by atoms with Crippen molar-refractivity contribution in [1.82, 2.24) is 0 Å². The van der Waals surface area contributed by atoms with Crippen molar-refractivity contribution in [3.63, 3.8) is 0 Å². The van der Waals surface area contributed by atoms with Gasteiger partial charge in [0.1, 0.15) is 5.75 Å². The maximum absolute atomic E-state index is 5.93. The highest BCUT2D eigenvalue weighted by molar-refractivity contribution is 8.19. The SMILES string of the molecule is COc1ccc2c(c1)NP(=S)(c1ccccc1)N2C. The summed E-state index contributed by atoms with van der Waals surface area (Å²) in [5.74, 6) is 0.844. The maximum Gasteiger partial charge on any atom is 0.150 e. The van der Waals surface area contributed by atoms with Gasteiger partial charge in [-0.25, -0.2) is 0 Å². The molecule has 1 aliphatic rings. The van der Waals surface area contributed by atoms with Gasteiger partial charge in [0.05, 0.1) is 18.5 Å². The summed E-state index contributed by atoms with van der Waals surface area (Å²) in [6, 6.07) is 16.3. The van der Waals surface area contributed by atoms with Crippen LogP contribution in [0.25, 0.3) is 0 Å². The summed E-state index contributed by atoms with van der Waals surface area (Å²) in [4.78, 5) is 0. The second kappa shape index (κ2) is 4.55. The van der Waals surface area contributed by atoms with Gasteiger partial charge in [0, 0.05) is 18.4 Å². The van der Waals surface area contributed by atoms with Crippen molar-refractivity contribution in [2.24, 2.45) is 0 Å². The molecule has 0 aromatic heterocycles. The molecule has 0 amide bonds. The lowest BCUT2D eigenvalue weighted by Crippen LogP contribution is -2.20. The van der Waals surface area contributed by atoms with E-state index in [1.807, 2.05) is 30.3 Å². The van der Waals surface area contributed by atoms with Crippen molar-refractivity contribution < 1.29 is 4.74 Å². The molecule has 1 N–H and O–H groups in total. The molecule has 0 aliphatic carbocycles. The van der Waals surface area contributed by atoms with Crippen LogP contribution in [0.1, 0.15) is 0 Å². The van der Waals surface area contributed by atoms with Gasteiger partial charge in [-0.15, -0.1) is 0 Å². The zero-order chi connectivity index (χ0) is 13.5. The number of rotatable bonds is 2. The standard InChI is InChI=1S/C14H15N2OPS/c1-16-14-9-8-11(17-2)10-13(14)15-18(16,19)12-6-4-3-5-7-12/h3-10H,1-2H3,(H,15,19). The topological polar surface area (TPSA) is 24.5 Å². The molecule has 0 bridgehead atoms. The van der Waals surface area contributed by atoms with Gasteiger partial charge in [0.15, 0.2) is 6.34 Å². The molecular formula is C14H15N2OPS. The summed E-state index contributed by atoms with van der Waals surface area (Å²) in [5, 5.41) is 4.69. The Balaban J connectivity index is 2.08. The lowest BCUT2D eigenvalue weighted by atomic mass is 10.2. The van der Waals surface area contributed by atoms with Crippen molar-refractivity contribution in [1.29, 1.82) is 0 Å². The number of methoxy groups -OCH3 is 1. The minimum Gasteiger partial charge on any atom is -0.497 e. The third kappa shape index (κ3) is 1.92. The van der Waals surface area contributed by atoms with Crippen LogP contribution in [0.2, 0.25) is 0 Å². The fourth-order valence-electron chi connectivity index (χ4n) is 2.27. The van der Waals surface area contributed by atoms with E-state index in [0.717, 1.165) is 17.1 Å². The van der Waals surface area contributed by atoms with E-state index in [4.69, 9.17) is 16.5 Å². The van der Waals surface area contributed by atoms with Gasteiger partial charge in [-0.05, 0) is 23.9 Å². The second-order valence-corrected chi connectivity index (χ2v) is 8.51. The largest absolute Gasteiger partial charge is 0.497 e. The van der Waals surface area contributed by atoms with Crippen LogP contribution in [0.5, 0.6) is 5.75 Å². The number of benzene rings is 2. The van der Waals surface area contributed by atoms with E-state index in [-0.39, 0.29) is 0 Å². The van der Waals surface area contributed by atoms with Gasteiger partial charge in [0.25, 0.3) is 0 Å². The molecule has 0 saturated carbocycles. The molecule has 0 spiro atoms. The Morgan fingerprint density at radius 1 is 1.16 bits per heavy atom. The molecule has 2 aromatic carbocycles. The average molecular weight is 290 g/mol. The lowest BCUT2D eigenvalue weighted by molar-refractivity contribution is 0.415. The van der Waals surface area contributed by atoms with Gasteiger partial charge in [-0.3, -0.25) is 0 Å². The molecule has 1 heterocycles. The fraction of sp³-hybridized carbons (Fsp3) is 0.143. The van der Waals surface area contributed by atoms with Crippen molar-refractivity contribution >= 4 is 34.8 Å². The lowest BCUT2D eigenvalue weighted by Gasteiger charge is -2.26. The number of anilines is 2. The molecule has 1 aliphatic heterocycles. The van der Waals surface area contributed by atoms with Gasteiger partial charge in [-0.2, -0.15) is 0 Å². The first kappa shape index (κ1) is 12.5. The van der Waals surface area contributed by atoms with E-state index in [1.165, 1.54) is 5.30 Å². The van der Waals surface area contributed by atoms with Crippen LogP contribution >= 0.6 is 6.34 Å². The van der Waals surface area contributed by atoms with Gasteiger partial charge >= 0.3 is 0 Å². The quantitative estimate of drug-likeness (QED) is 0.859. The van der Waals surface area contributed by atoms with E-state index in [9.17, 15) is 0 Å². The zero-order valence-corrected chi connectivity index (χ0v) is 12.5. The Morgan fingerprint density at radius 3 is 2.58 bits per heavy atom. The summed E-state index contributed by atoms with van der Waals surface area (Å²) in [7, 11) is 3.73. The summed E-state index contributed by atoms with van der Waals surface area (Å²) in [5.41, 5.74) is 2.18. The Labute approximate surface area is 118 Å². The molecule has 1 unspecified atom stereocenters. The minimum atomic E-state index is -1.96. The number of hydrogen-bond acceptors (Lipinski definition) is 2. The highest BCUT2D eigenvalue weighted by Crippen LogP contribution is 2.58. The van der Waals surface area contributed by atoms with Crippen LogP contribution in [0.4, 0.5) is 11.4 Å². The first-order valence-electron chi connectivity index (χ1n) is 6.01. The molecule has 2 aromatic rings. The second-order valence-electron chi connectivity index (χ2n) is 4.43. The molecule has 3 nitrogen and oxygen atoms in total. The molecule has 0 radical (unpaired) electrons. The molecule has 0 saturated heterocycles.